The summed E-state index contributed by atoms with van der Waals surface area (Å²) in [5.74, 6) is 1.03. The molecule has 0 radical (unpaired) electrons. The second-order valence-corrected chi connectivity index (χ2v) is 6.79. The third-order valence-electron chi connectivity index (χ3n) is 3.11. The molecule has 1 N–H and O–H groups in total. The van der Waals surface area contributed by atoms with Gasteiger partial charge < -0.3 is 10.1 Å². The van der Waals surface area contributed by atoms with Crippen molar-refractivity contribution in [3.05, 3.63) is 48.3 Å². The average molecular weight is 306 g/mol. The second-order valence-electron chi connectivity index (χ2n) is 4.78. The number of nitrogens with one attached hydrogen (secondary N) is 1. The predicted molar refractivity (Wildman–Crippen MR) is 81.3 cm³/mol. The van der Waals surface area contributed by atoms with E-state index in [1.165, 1.54) is 18.4 Å². The Morgan fingerprint density at radius 2 is 1.95 bits per heavy atom. The number of ether oxygens (including phenoxy) is 1. The second kappa shape index (κ2) is 6.24. The zero-order valence-electron chi connectivity index (χ0n) is 12.2. The summed E-state index contributed by atoms with van der Waals surface area (Å²) in [6.45, 7) is 2.01. The van der Waals surface area contributed by atoms with Gasteiger partial charge in [0.15, 0.2) is 9.84 Å². The Balaban J connectivity index is 2.19. The molecule has 1 unspecified atom stereocenters. The summed E-state index contributed by atoms with van der Waals surface area (Å²) in [7, 11) is -1.37. The number of pyridine rings is 1. The van der Waals surface area contributed by atoms with Gasteiger partial charge in [0.25, 0.3) is 0 Å². The average Bonchev–Trinajstić information content (AvgIpc) is 2.47. The molecule has 5 nitrogen and oxygen atoms in total. The van der Waals surface area contributed by atoms with Crippen molar-refractivity contribution in [3.8, 4) is 11.5 Å². The lowest BCUT2D eigenvalue weighted by Gasteiger charge is -2.11. The van der Waals surface area contributed by atoms with Crippen LogP contribution in [0.4, 0.5) is 0 Å². The first-order valence-electron chi connectivity index (χ1n) is 6.51. The zero-order chi connectivity index (χ0) is 15.5. The first-order valence-corrected chi connectivity index (χ1v) is 8.40. The molecule has 0 aliphatic carbocycles. The Labute approximate surface area is 124 Å². The molecule has 0 aliphatic rings. The van der Waals surface area contributed by atoms with Crippen LogP contribution in [-0.4, -0.2) is 26.7 Å². The summed E-state index contributed by atoms with van der Waals surface area (Å²) in [4.78, 5) is 4.54. The van der Waals surface area contributed by atoms with Crippen molar-refractivity contribution in [1.29, 1.82) is 0 Å². The first-order chi connectivity index (χ1) is 9.90. The largest absolute Gasteiger partial charge is 0.456 e. The van der Waals surface area contributed by atoms with Gasteiger partial charge in [-0.05, 0) is 44.3 Å². The Kier molecular flexibility index (Phi) is 4.59. The van der Waals surface area contributed by atoms with Gasteiger partial charge in [-0.3, -0.25) is 4.98 Å². The lowest BCUT2D eigenvalue weighted by molar-refractivity contribution is 0.477. The molecule has 6 heteroatoms. The van der Waals surface area contributed by atoms with Crippen LogP contribution in [0, 0.1) is 0 Å². The molecule has 0 saturated carbocycles. The van der Waals surface area contributed by atoms with Gasteiger partial charge >= 0.3 is 0 Å². The quantitative estimate of drug-likeness (QED) is 0.919. The predicted octanol–water partition coefficient (Wildman–Crippen LogP) is 2.56. The molecule has 2 aromatic rings. The highest BCUT2D eigenvalue weighted by atomic mass is 32.2. The first kappa shape index (κ1) is 15.5. The molecule has 0 aliphatic heterocycles. The molecule has 1 heterocycles. The highest BCUT2D eigenvalue weighted by molar-refractivity contribution is 7.90. The van der Waals surface area contributed by atoms with E-state index in [0.717, 1.165) is 5.69 Å². The van der Waals surface area contributed by atoms with Crippen LogP contribution in [0.25, 0.3) is 0 Å². The van der Waals surface area contributed by atoms with E-state index in [-0.39, 0.29) is 10.9 Å². The van der Waals surface area contributed by atoms with Crippen molar-refractivity contribution in [1.82, 2.24) is 10.3 Å². The molecule has 0 saturated heterocycles. The SMILES string of the molecule is CNC(C)c1ccc(Oc2cccc(S(C)(=O)=O)c2)cn1. The normalized spacial score (nSPS) is 12.9. The third-order valence-corrected chi connectivity index (χ3v) is 4.22. The van der Waals surface area contributed by atoms with Gasteiger partial charge in [-0.25, -0.2) is 8.42 Å². The highest BCUT2D eigenvalue weighted by Crippen LogP contribution is 2.24. The van der Waals surface area contributed by atoms with Crippen molar-refractivity contribution < 1.29 is 13.2 Å². The molecular formula is C15H18N2O3S. The summed E-state index contributed by atoms with van der Waals surface area (Å²) in [6.07, 6.45) is 2.79. The fourth-order valence-electron chi connectivity index (χ4n) is 1.76. The third kappa shape index (κ3) is 4.03. The number of sulfone groups is 1. The minimum Gasteiger partial charge on any atom is -0.456 e. The topological polar surface area (TPSA) is 68.3 Å². The molecule has 0 amide bonds. The van der Waals surface area contributed by atoms with Gasteiger partial charge in [0.2, 0.25) is 0 Å². The van der Waals surface area contributed by atoms with Crippen molar-refractivity contribution >= 4 is 9.84 Å². The number of hydrogen-bond acceptors (Lipinski definition) is 5. The van der Waals surface area contributed by atoms with Crippen LogP contribution >= 0.6 is 0 Å². The monoisotopic (exact) mass is 306 g/mol. The lowest BCUT2D eigenvalue weighted by atomic mass is 10.2. The van der Waals surface area contributed by atoms with Crippen LogP contribution in [0.2, 0.25) is 0 Å². The number of rotatable bonds is 5. The van der Waals surface area contributed by atoms with Gasteiger partial charge in [-0.15, -0.1) is 0 Å². The van der Waals surface area contributed by atoms with Gasteiger partial charge in [-0.2, -0.15) is 0 Å². The van der Waals surface area contributed by atoms with Crippen LogP contribution < -0.4 is 10.1 Å². The number of hydrogen-bond donors (Lipinski definition) is 1. The fraction of sp³-hybridized carbons (Fsp3) is 0.267. The van der Waals surface area contributed by atoms with E-state index >= 15 is 0 Å². The maximum atomic E-state index is 11.5. The van der Waals surface area contributed by atoms with Crippen molar-refractivity contribution in [2.24, 2.45) is 0 Å². The maximum Gasteiger partial charge on any atom is 0.175 e. The van der Waals surface area contributed by atoms with E-state index in [1.807, 2.05) is 26.1 Å². The minimum absolute atomic E-state index is 0.160. The molecular weight excluding hydrogens is 288 g/mol. The smallest absolute Gasteiger partial charge is 0.175 e. The van der Waals surface area contributed by atoms with Gasteiger partial charge in [-0.1, -0.05) is 6.07 Å². The molecule has 1 aromatic carbocycles. The number of nitrogens with zero attached hydrogens (tertiary/aromatic N) is 1. The fourth-order valence-corrected chi connectivity index (χ4v) is 2.42. The summed E-state index contributed by atoms with van der Waals surface area (Å²) >= 11 is 0. The van der Waals surface area contributed by atoms with Crippen LogP contribution in [0.15, 0.2) is 47.5 Å². The van der Waals surface area contributed by atoms with E-state index < -0.39 is 9.84 Å². The molecule has 0 fully saturated rings. The van der Waals surface area contributed by atoms with E-state index in [4.69, 9.17) is 4.74 Å². The van der Waals surface area contributed by atoms with E-state index in [2.05, 4.69) is 10.3 Å². The molecule has 2 rings (SSSR count). The Morgan fingerprint density at radius 3 is 2.52 bits per heavy atom. The van der Waals surface area contributed by atoms with Crippen LogP contribution in [0.5, 0.6) is 11.5 Å². The maximum absolute atomic E-state index is 11.5. The molecule has 112 valence electrons. The van der Waals surface area contributed by atoms with Crippen molar-refractivity contribution in [3.63, 3.8) is 0 Å². The van der Waals surface area contributed by atoms with Crippen LogP contribution in [-0.2, 0) is 9.84 Å². The molecule has 0 bridgehead atoms. The van der Waals surface area contributed by atoms with Crippen molar-refractivity contribution in [2.75, 3.05) is 13.3 Å². The zero-order valence-corrected chi connectivity index (χ0v) is 13.0. The Hall–Kier alpha value is -1.92. The van der Waals surface area contributed by atoms with Crippen LogP contribution in [0.1, 0.15) is 18.7 Å². The van der Waals surface area contributed by atoms with E-state index in [1.54, 1.807) is 18.3 Å². The molecule has 1 aromatic heterocycles. The van der Waals surface area contributed by atoms with Gasteiger partial charge in [0.1, 0.15) is 11.5 Å². The summed E-state index contributed by atoms with van der Waals surface area (Å²) in [6, 6.07) is 10.2. The highest BCUT2D eigenvalue weighted by Gasteiger charge is 2.09. The van der Waals surface area contributed by atoms with E-state index in [0.29, 0.717) is 11.5 Å². The molecule has 0 spiro atoms. The standard InChI is InChI=1S/C15H18N2O3S/c1-11(16-2)15-8-7-13(10-17-15)20-12-5-4-6-14(9-12)21(3,18)19/h4-11,16H,1-3H3. The Morgan fingerprint density at radius 1 is 1.19 bits per heavy atom. The molecule has 21 heavy (non-hydrogen) atoms. The van der Waals surface area contributed by atoms with Gasteiger partial charge in [0, 0.05) is 12.3 Å². The van der Waals surface area contributed by atoms with E-state index in [9.17, 15) is 8.42 Å². The minimum atomic E-state index is -3.24. The lowest BCUT2D eigenvalue weighted by Crippen LogP contribution is -2.13. The Bertz CT molecular complexity index is 712. The number of aromatic nitrogens is 1. The molecule has 1 atom stereocenters. The summed E-state index contributed by atoms with van der Waals surface area (Å²) in [5.41, 5.74) is 0.912. The summed E-state index contributed by atoms with van der Waals surface area (Å²) in [5, 5.41) is 3.10. The summed E-state index contributed by atoms with van der Waals surface area (Å²) < 4.78 is 28.7. The van der Waals surface area contributed by atoms with Crippen LogP contribution in [0.3, 0.4) is 0 Å². The van der Waals surface area contributed by atoms with Crippen molar-refractivity contribution in [2.45, 2.75) is 17.9 Å². The number of benzene rings is 1. The van der Waals surface area contributed by atoms with Gasteiger partial charge in [0.05, 0.1) is 16.8 Å².